The number of rotatable bonds is 3. The number of hydrogen-bond donors (Lipinski definition) is 1. The van der Waals surface area contributed by atoms with Crippen molar-refractivity contribution in [3.05, 3.63) is 11.6 Å². The predicted octanol–water partition coefficient (Wildman–Crippen LogP) is 2.68. The van der Waals surface area contributed by atoms with E-state index in [9.17, 15) is 9.90 Å². The molecule has 2 rings (SSSR count). The van der Waals surface area contributed by atoms with Crippen LogP contribution in [0.5, 0.6) is 0 Å². The molecular formula is C15H24O3. The van der Waals surface area contributed by atoms with E-state index in [1.165, 1.54) is 12.5 Å². The summed E-state index contributed by atoms with van der Waals surface area (Å²) >= 11 is 0. The number of carbonyl (C=O) groups excluding carboxylic acids is 1. The van der Waals surface area contributed by atoms with E-state index >= 15 is 0 Å². The van der Waals surface area contributed by atoms with Gasteiger partial charge in [-0.3, -0.25) is 4.79 Å². The number of carbonyl (C=O) groups is 1. The Morgan fingerprint density at radius 1 is 1.67 bits per heavy atom. The molecule has 0 aromatic rings. The summed E-state index contributed by atoms with van der Waals surface area (Å²) in [7, 11) is 0. The van der Waals surface area contributed by atoms with Crippen molar-refractivity contribution < 1.29 is 14.6 Å². The number of ether oxygens (including phenoxy) is 1. The molecule has 0 aliphatic heterocycles. The molecule has 0 heterocycles. The van der Waals surface area contributed by atoms with Gasteiger partial charge in [0.1, 0.15) is 6.10 Å². The Morgan fingerprint density at radius 2 is 2.39 bits per heavy atom. The molecule has 102 valence electrons. The zero-order chi connectivity index (χ0) is 13.3. The van der Waals surface area contributed by atoms with Crippen LogP contribution in [0.1, 0.15) is 46.5 Å². The molecule has 0 spiro atoms. The Morgan fingerprint density at radius 3 is 3.00 bits per heavy atom. The molecule has 4 atom stereocenters. The number of aliphatic hydroxyl groups is 1. The fraction of sp³-hybridized carbons (Fsp3) is 0.800. The molecular weight excluding hydrogens is 228 g/mol. The van der Waals surface area contributed by atoms with Crippen LogP contribution >= 0.6 is 0 Å². The maximum Gasteiger partial charge on any atom is 0.302 e. The average Bonchev–Trinajstić information content (AvgIpc) is 2.66. The van der Waals surface area contributed by atoms with Crippen molar-refractivity contribution in [2.75, 3.05) is 6.61 Å². The van der Waals surface area contributed by atoms with Crippen LogP contribution < -0.4 is 0 Å². The van der Waals surface area contributed by atoms with Crippen molar-refractivity contribution >= 4 is 5.97 Å². The number of fused-ring (bicyclic) bond motifs is 1. The van der Waals surface area contributed by atoms with Gasteiger partial charge < -0.3 is 9.84 Å². The van der Waals surface area contributed by atoms with Crippen LogP contribution in [0, 0.1) is 17.3 Å². The van der Waals surface area contributed by atoms with Gasteiger partial charge in [0.15, 0.2) is 0 Å². The second-order valence-electron chi connectivity index (χ2n) is 6.04. The highest BCUT2D eigenvalue weighted by molar-refractivity contribution is 5.66. The third kappa shape index (κ3) is 2.20. The van der Waals surface area contributed by atoms with Gasteiger partial charge in [-0.05, 0) is 31.1 Å². The summed E-state index contributed by atoms with van der Waals surface area (Å²) in [5, 5.41) is 9.39. The molecule has 2 aliphatic rings. The molecule has 3 heteroatoms. The molecule has 0 unspecified atom stereocenters. The van der Waals surface area contributed by atoms with Crippen molar-refractivity contribution in [1.29, 1.82) is 0 Å². The van der Waals surface area contributed by atoms with Crippen LogP contribution in [0.3, 0.4) is 0 Å². The molecule has 0 aromatic carbocycles. The van der Waals surface area contributed by atoms with Gasteiger partial charge in [-0.2, -0.15) is 0 Å². The molecule has 2 aliphatic carbocycles. The maximum absolute atomic E-state index is 11.2. The fourth-order valence-electron chi connectivity index (χ4n) is 3.94. The van der Waals surface area contributed by atoms with Crippen molar-refractivity contribution in [2.24, 2.45) is 17.3 Å². The first-order chi connectivity index (χ1) is 8.49. The van der Waals surface area contributed by atoms with E-state index in [-0.39, 0.29) is 30.0 Å². The lowest BCUT2D eigenvalue weighted by atomic mass is 9.63. The van der Waals surface area contributed by atoms with Crippen LogP contribution in [0.4, 0.5) is 0 Å². The van der Waals surface area contributed by atoms with E-state index in [4.69, 9.17) is 4.74 Å². The number of hydrogen-bond acceptors (Lipinski definition) is 3. The predicted molar refractivity (Wildman–Crippen MR) is 70.0 cm³/mol. The van der Waals surface area contributed by atoms with Gasteiger partial charge in [0.25, 0.3) is 0 Å². The third-order valence-corrected chi connectivity index (χ3v) is 4.83. The second kappa shape index (κ2) is 5.04. The van der Waals surface area contributed by atoms with Crippen molar-refractivity contribution in [3.8, 4) is 0 Å². The summed E-state index contributed by atoms with van der Waals surface area (Å²) in [5.74, 6) is 0.447. The normalized spacial score (nSPS) is 36.8. The standard InChI is InChI=1S/C15H24O3/c1-10(9-16)12-6-7-13-14(18-11(2)17)5-4-8-15(12,13)3/h6,10,13-14,16H,4-5,7-9H2,1-3H3/t10-,13+,14+,15-/m1/s1. The third-order valence-electron chi connectivity index (χ3n) is 4.83. The SMILES string of the molecule is CC(=O)O[C@H]1CCC[C@]2(C)C([C@H](C)CO)=CC[C@@H]12. The van der Waals surface area contributed by atoms with Gasteiger partial charge in [0, 0.05) is 25.4 Å². The van der Waals surface area contributed by atoms with E-state index in [1.807, 2.05) is 0 Å². The maximum atomic E-state index is 11.2. The van der Waals surface area contributed by atoms with Crippen LogP contribution in [0.25, 0.3) is 0 Å². The van der Waals surface area contributed by atoms with Crippen molar-refractivity contribution in [2.45, 2.75) is 52.6 Å². The summed E-state index contributed by atoms with van der Waals surface area (Å²) in [4.78, 5) is 11.2. The second-order valence-corrected chi connectivity index (χ2v) is 6.04. The quantitative estimate of drug-likeness (QED) is 0.620. The van der Waals surface area contributed by atoms with Crippen molar-refractivity contribution in [1.82, 2.24) is 0 Å². The largest absolute Gasteiger partial charge is 0.462 e. The minimum Gasteiger partial charge on any atom is -0.462 e. The van der Waals surface area contributed by atoms with Gasteiger partial charge in [-0.25, -0.2) is 0 Å². The summed E-state index contributed by atoms with van der Waals surface area (Å²) in [6, 6.07) is 0. The highest BCUT2D eigenvalue weighted by Crippen LogP contribution is 2.55. The van der Waals surface area contributed by atoms with Gasteiger partial charge in [0.05, 0.1) is 0 Å². The van der Waals surface area contributed by atoms with Crippen LogP contribution in [-0.4, -0.2) is 23.8 Å². The lowest BCUT2D eigenvalue weighted by molar-refractivity contribution is -0.153. The number of esters is 1. The first-order valence-corrected chi connectivity index (χ1v) is 6.97. The summed E-state index contributed by atoms with van der Waals surface area (Å²) in [6.45, 7) is 6.05. The first-order valence-electron chi connectivity index (χ1n) is 6.97. The zero-order valence-corrected chi connectivity index (χ0v) is 11.6. The average molecular weight is 252 g/mol. The molecule has 1 N–H and O–H groups in total. The molecule has 0 radical (unpaired) electrons. The lowest BCUT2D eigenvalue weighted by Gasteiger charge is -2.44. The smallest absolute Gasteiger partial charge is 0.302 e. The summed E-state index contributed by atoms with van der Waals surface area (Å²) in [5.41, 5.74) is 1.48. The Hall–Kier alpha value is -0.830. The Balaban J connectivity index is 2.18. The highest BCUT2D eigenvalue weighted by atomic mass is 16.5. The lowest BCUT2D eigenvalue weighted by Crippen LogP contribution is -2.41. The topological polar surface area (TPSA) is 46.5 Å². The monoisotopic (exact) mass is 252 g/mol. The molecule has 0 amide bonds. The van der Waals surface area contributed by atoms with E-state index in [1.54, 1.807) is 0 Å². The molecule has 0 saturated heterocycles. The number of aliphatic hydroxyl groups excluding tert-OH is 1. The van der Waals surface area contributed by atoms with Gasteiger partial charge in [-0.15, -0.1) is 0 Å². The number of allylic oxidation sites excluding steroid dienone is 1. The fourth-order valence-corrected chi connectivity index (χ4v) is 3.94. The Kier molecular flexibility index (Phi) is 3.81. The van der Waals surface area contributed by atoms with E-state index < -0.39 is 0 Å². The van der Waals surface area contributed by atoms with E-state index in [0.717, 1.165) is 25.7 Å². The minimum atomic E-state index is -0.173. The minimum absolute atomic E-state index is 0.0564. The first kappa shape index (κ1) is 13.6. The zero-order valence-electron chi connectivity index (χ0n) is 11.6. The van der Waals surface area contributed by atoms with Crippen molar-refractivity contribution in [3.63, 3.8) is 0 Å². The van der Waals surface area contributed by atoms with E-state index in [2.05, 4.69) is 19.9 Å². The van der Waals surface area contributed by atoms with Gasteiger partial charge >= 0.3 is 5.97 Å². The highest BCUT2D eigenvalue weighted by Gasteiger charge is 2.49. The van der Waals surface area contributed by atoms with Crippen LogP contribution in [0.15, 0.2) is 11.6 Å². The summed E-state index contributed by atoms with van der Waals surface area (Å²) < 4.78 is 5.50. The van der Waals surface area contributed by atoms with E-state index in [0.29, 0.717) is 5.92 Å². The molecule has 3 nitrogen and oxygen atoms in total. The molecule has 1 saturated carbocycles. The van der Waals surface area contributed by atoms with Gasteiger partial charge in [-0.1, -0.05) is 25.5 Å². The molecule has 0 aromatic heterocycles. The Labute approximate surface area is 109 Å². The van der Waals surface area contributed by atoms with Crippen LogP contribution in [-0.2, 0) is 9.53 Å². The summed E-state index contributed by atoms with van der Waals surface area (Å²) in [6.07, 6.45) is 6.53. The van der Waals surface area contributed by atoms with Crippen LogP contribution in [0.2, 0.25) is 0 Å². The van der Waals surface area contributed by atoms with Gasteiger partial charge in [0.2, 0.25) is 0 Å². The molecule has 0 bridgehead atoms. The molecule has 18 heavy (non-hydrogen) atoms. The molecule has 1 fully saturated rings. The Bertz CT molecular complexity index is 361.